The number of aromatic nitrogens is 3. The van der Waals surface area contributed by atoms with Gasteiger partial charge in [-0.3, -0.25) is 0 Å². The van der Waals surface area contributed by atoms with Crippen molar-refractivity contribution in [3.8, 4) is 0 Å². The second kappa shape index (κ2) is 5.85. The van der Waals surface area contributed by atoms with Crippen LogP contribution in [-0.2, 0) is 0 Å². The predicted octanol–water partition coefficient (Wildman–Crippen LogP) is 3.88. The molecule has 0 atom stereocenters. The molecule has 0 spiro atoms. The molecule has 0 saturated carbocycles. The maximum atomic E-state index is 5.02. The summed E-state index contributed by atoms with van der Waals surface area (Å²) in [7, 11) is 0. The second-order valence-electron chi connectivity index (χ2n) is 5.11. The molecule has 6 heteroatoms. The van der Waals surface area contributed by atoms with Crippen molar-refractivity contribution in [2.24, 2.45) is 0 Å². The summed E-state index contributed by atoms with van der Waals surface area (Å²) in [6.45, 7) is 6.00. The first-order valence-electron chi connectivity index (χ1n) is 6.97. The summed E-state index contributed by atoms with van der Waals surface area (Å²) in [5.41, 5.74) is 3.46. The molecule has 2 heterocycles. The van der Waals surface area contributed by atoms with E-state index in [-0.39, 0.29) is 0 Å². The van der Waals surface area contributed by atoms with E-state index in [1.165, 1.54) is 17.5 Å². The van der Waals surface area contributed by atoms with Crippen molar-refractivity contribution in [1.29, 1.82) is 0 Å². The minimum absolute atomic E-state index is 0.619. The third kappa shape index (κ3) is 3.06. The van der Waals surface area contributed by atoms with Crippen LogP contribution in [0.2, 0.25) is 0 Å². The van der Waals surface area contributed by atoms with Gasteiger partial charge in [-0.1, -0.05) is 17.3 Å². The van der Waals surface area contributed by atoms with Crippen molar-refractivity contribution >= 4 is 23.1 Å². The van der Waals surface area contributed by atoms with E-state index in [4.69, 9.17) is 4.52 Å². The minimum atomic E-state index is 0.619. The van der Waals surface area contributed by atoms with E-state index >= 15 is 0 Å². The molecular weight excluding hydrogens is 278 g/mol. The molecule has 0 fully saturated rings. The highest BCUT2D eigenvalue weighted by Crippen LogP contribution is 2.23. The summed E-state index contributed by atoms with van der Waals surface area (Å²) in [5, 5.41) is 10.3. The highest BCUT2D eigenvalue weighted by Gasteiger charge is 2.05. The quantitative estimate of drug-likeness (QED) is 0.760. The van der Waals surface area contributed by atoms with Gasteiger partial charge < -0.3 is 15.2 Å². The summed E-state index contributed by atoms with van der Waals surface area (Å²) < 4.78 is 5.02. The van der Waals surface area contributed by atoms with Gasteiger partial charge in [-0.2, -0.15) is 0 Å². The van der Waals surface area contributed by atoms with Crippen LogP contribution in [0.1, 0.15) is 16.9 Å². The van der Waals surface area contributed by atoms with Crippen LogP contribution < -0.4 is 10.6 Å². The van der Waals surface area contributed by atoms with Gasteiger partial charge in [0, 0.05) is 17.8 Å². The number of nitrogens with one attached hydrogen (secondary N) is 2. The molecule has 2 N–H and O–H groups in total. The Morgan fingerprint density at radius 1 is 0.909 bits per heavy atom. The van der Waals surface area contributed by atoms with E-state index in [1.54, 1.807) is 6.07 Å². The van der Waals surface area contributed by atoms with Gasteiger partial charge in [0.2, 0.25) is 0 Å². The Morgan fingerprint density at radius 2 is 1.68 bits per heavy atom. The maximum absolute atomic E-state index is 5.02. The average molecular weight is 295 g/mol. The van der Waals surface area contributed by atoms with Gasteiger partial charge in [0.25, 0.3) is 0 Å². The van der Waals surface area contributed by atoms with Gasteiger partial charge in [0.15, 0.2) is 5.82 Å². The van der Waals surface area contributed by atoms with E-state index in [2.05, 4.69) is 45.7 Å². The van der Waals surface area contributed by atoms with Crippen molar-refractivity contribution in [2.45, 2.75) is 20.8 Å². The molecule has 112 valence electrons. The first kappa shape index (κ1) is 14.1. The van der Waals surface area contributed by atoms with Crippen molar-refractivity contribution in [1.82, 2.24) is 15.1 Å². The van der Waals surface area contributed by atoms with Gasteiger partial charge in [-0.05, 0) is 38.0 Å². The van der Waals surface area contributed by atoms with E-state index in [1.807, 2.05) is 25.1 Å². The molecule has 0 radical (unpaired) electrons. The van der Waals surface area contributed by atoms with Gasteiger partial charge >= 0.3 is 0 Å². The van der Waals surface area contributed by atoms with E-state index in [0.717, 1.165) is 11.4 Å². The summed E-state index contributed by atoms with van der Waals surface area (Å²) in [6, 6.07) is 9.76. The lowest BCUT2D eigenvalue weighted by Gasteiger charge is -2.11. The molecule has 3 aromatic rings. The fourth-order valence-corrected chi connectivity index (χ4v) is 2.08. The lowest BCUT2D eigenvalue weighted by Crippen LogP contribution is -2.00. The van der Waals surface area contributed by atoms with Gasteiger partial charge in [-0.15, -0.1) is 0 Å². The zero-order valence-electron chi connectivity index (χ0n) is 12.7. The first-order chi connectivity index (χ1) is 10.6. The zero-order valence-corrected chi connectivity index (χ0v) is 12.7. The van der Waals surface area contributed by atoms with E-state index in [9.17, 15) is 0 Å². The lowest BCUT2D eigenvalue weighted by atomic mass is 10.1. The first-order valence-corrected chi connectivity index (χ1v) is 6.97. The third-order valence-electron chi connectivity index (χ3n) is 3.42. The van der Waals surface area contributed by atoms with Gasteiger partial charge in [0.05, 0.1) is 0 Å². The standard InChI is InChI=1S/C16H17N5O/c1-10-5-4-6-13(12(10)3)19-14-8-15(18-9-17-14)20-16-7-11(2)22-21-16/h4-9H,1-3H3,(H2,17,18,19,20,21). The number of nitrogens with zero attached hydrogens (tertiary/aromatic N) is 3. The average Bonchev–Trinajstić information content (AvgIpc) is 2.89. The van der Waals surface area contributed by atoms with Crippen LogP contribution in [-0.4, -0.2) is 15.1 Å². The van der Waals surface area contributed by atoms with Crippen LogP contribution in [0.4, 0.5) is 23.1 Å². The number of benzene rings is 1. The Bertz CT molecular complexity index is 797. The lowest BCUT2D eigenvalue weighted by molar-refractivity contribution is 0.400. The van der Waals surface area contributed by atoms with Crippen molar-refractivity contribution in [2.75, 3.05) is 10.6 Å². The molecule has 0 unspecified atom stereocenters. The van der Waals surface area contributed by atoms with Crippen LogP contribution in [0.25, 0.3) is 0 Å². The number of hydrogen-bond acceptors (Lipinski definition) is 6. The van der Waals surface area contributed by atoms with Crippen LogP contribution in [0, 0.1) is 20.8 Å². The summed E-state index contributed by atoms with van der Waals surface area (Å²) in [5.74, 6) is 2.72. The predicted molar refractivity (Wildman–Crippen MR) is 85.8 cm³/mol. The van der Waals surface area contributed by atoms with Crippen LogP contribution >= 0.6 is 0 Å². The van der Waals surface area contributed by atoms with Crippen molar-refractivity contribution in [3.05, 3.63) is 53.5 Å². The highest BCUT2D eigenvalue weighted by atomic mass is 16.5. The third-order valence-corrected chi connectivity index (χ3v) is 3.42. The summed E-state index contributed by atoms with van der Waals surface area (Å²) >= 11 is 0. The van der Waals surface area contributed by atoms with Gasteiger partial charge in [-0.25, -0.2) is 9.97 Å². The fourth-order valence-electron chi connectivity index (χ4n) is 2.08. The Kier molecular flexibility index (Phi) is 3.74. The second-order valence-corrected chi connectivity index (χ2v) is 5.11. The molecule has 0 saturated heterocycles. The number of rotatable bonds is 4. The zero-order chi connectivity index (χ0) is 15.5. The molecule has 2 aromatic heterocycles. The molecule has 0 aliphatic heterocycles. The Balaban J connectivity index is 1.80. The van der Waals surface area contributed by atoms with E-state index in [0.29, 0.717) is 17.5 Å². The number of hydrogen-bond donors (Lipinski definition) is 2. The topological polar surface area (TPSA) is 75.9 Å². The summed E-state index contributed by atoms with van der Waals surface area (Å²) in [4.78, 5) is 8.43. The number of aryl methyl sites for hydroxylation is 2. The molecule has 0 bridgehead atoms. The molecule has 0 amide bonds. The minimum Gasteiger partial charge on any atom is -0.360 e. The molecule has 0 aliphatic rings. The number of anilines is 4. The SMILES string of the molecule is Cc1cc(Nc2cc(Nc3cccc(C)c3C)ncn2)no1. The van der Waals surface area contributed by atoms with Crippen molar-refractivity contribution < 1.29 is 4.52 Å². The van der Waals surface area contributed by atoms with Crippen LogP contribution in [0.15, 0.2) is 41.2 Å². The normalized spacial score (nSPS) is 10.5. The molecule has 6 nitrogen and oxygen atoms in total. The summed E-state index contributed by atoms with van der Waals surface area (Å²) in [6.07, 6.45) is 1.50. The smallest absolute Gasteiger partial charge is 0.175 e. The molecule has 3 rings (SSSR count). The molecule has 0 aliphatic carbocycles. The Morgan fingerprint density at radius 3 is 2.41 bits per heavy atom. The van der Waals surface area contributed by atoms with Gasteiger partial charge in [0.1, 0.15) is 23.7 Å². The van der Waals surface area contributed by atoms with E-state index < -0.39 is 0 Å². The molecular formula is C16H17N5O. The Hall–Kier alpha value is -2.89. The maximum Gasteiger partial charge on any atom is 0.175 e. The molecule has 22 heavy (non-hydrogen) atoms. The molecule has 1 aromatic carbocycles. The largest absolute Gasteiger partial charge is 0.360 e. The van der Waals surface area contributed by atoms with Crippen LogP contribution in [0.5, 0.6) is 0 Å². The van der Waals surface area contributed by atoms with Crippen LogP contribution in [0.3, 0.4) is 0 Å². The van der Waals surface area contributed by atoms with Crippen molar-refractivity contribution in [3.63, 3.8) is 0 Å². The highest BCUT2D eigenvalue weighted by molar-refractivity contribution is 5.64. The monoisotopic (exact) mass is 295 g/mol. The fraction of sp³-hybridized carbons (Fsp3) is 0.188. The Labute approximate surface area is 128 Å².